The summed E-state index contributed by atoms with van der Waals surface area (Å²) in [5.74, 6) is 0.893. The zero-order valence-corrected chi connectivity index (χ0v) is 14.8. The molecule has 108 valence electrons. The molecule has 0 atom stereocenters. The number of nitrogens with zero attached hydrogens (tertiary/aromatic N) is 2. The molecule has 0 N–H and O–H groups in total. The molecule has 0 unspecified atom stereocenters. The molecule has 2 rings (SSSR count). The lowest BCUT2D eigenvalue weighted by molar-refractivity contribution is 0.590. The van der Waals surface area contributed by atoms with E-state index >= 15 is 0 Å². The van der Waals surface area contributed by atoms with Crippen LogP contribution in [-0.4, -0.2) is 4.98 Å². The molecule has 2 nitrogen and oxygen atoms in total. The van der Waals surface area contributed by atoms with Crippen LogP contribution in [0.2, 0.25) is 0 Å². The number of benzene rings is 1. The summed E-state index contributed by atoms with van der Waals surface area (Å²) in [6.07, 6.45) is 1.75. The molecule has 0 saturated heterocycles. The van der Waals surface area contributed by atoms with Crippen LogP contribution in [0.25, 0.3) is 0 Å². The lowest BCUT2D eigenvalue weighted by atomic mass is 9.87. The van der Waals surface area contributed by atoms with Gasteiger partial charge in [-0.15, -0.1) is 11.8 Å². The van der Waals surface area contributed by atoms with Crippen LogP contribution in [0.4, 0.5) is 0 Å². The van der Waals surface area contributed by atoms with Crippen molar-refractivity contribution in [2.24, 2.45) is 0 Å². The normalized spacial score (nSPS) is 11.2. The third kappa shape index (κ3) is 4.33. The van der Waals surface area contributed by atoms with Crippen LogP contribution in [0.3, 0.4) is 0 Å². The summed E-state index contributed by atoms with van der Waals surface area (Å²) < 4.78 is 0.748. The number of hydrogen-bond donors (Lipinski definition) is 0. The first kappa shape index (κ1) is 16.1. The monoisotopic (exact) mass is 360 g/mol. The van der Waals surface area contributed by atoms with E-state index in [1.807, 2.05) is 12.1 Å². The number of thioether (sulfide) groups is 1. The third-order valence-electron chi connectivity index (χ3n) is 3.15. The summed E-state index contributed by atoms with van der Waals surface area (Å²) in [5.41, 5.74) is 3.24. The van der Waals surface area contributed by atoms with Crippen molar-refractivity contribution < 1.29 is 0 Å². The Morgan fingerprint density at radius 3 is 2.43 bits per heavy atom. The Morgan fingerprint density at radius 1 is 1.24 bits per heavy atom. The fourth-order valence-electron chi connectivity index (χ4n) is 1.85. The molecule has 1 aromatic heterocycles. The van der Waals surface area contributed by atoms with Crippen molar-refractivity contribution in [3.63, 3.8) is 0 Å². The van der Waals surface area contributed by atoms with E-state index in [9.17, 15) is 0 Å². The molecule has 0 radical (unpaired) electrons. The molecule has 1 aromatic carbocycles. The maximum Gasteiger partial charge on any atom is 0.154 e. The summed E-state index contributed by atoms with van der Waals surface area (Å²) >= 11 is 5.08. The van der Waals surface area contributed by atoms with Gasteiger partial charge in [-0.1, -0.05) is 45.0 Å². The van der Waals surface area contributed by atoms with Crippen molar-refractivity contribution in [1.29, 1.82) is 5.26 Å². The van der Waals surface area contributed by atoms with Gasteiger partial charge >= 0.3 is 0 Å². The highest BCUT2D eigenvalue weighted by Crippen LogP contribution is 2.27. The van der Waals surface area contributed by atoms with Crippen LogP contribution >= 0.6 is 27.7 Å². The number of rotatable bonds is 3. The first-order valence-electron chi connectivity index (χ1n) is 6.68. The van der Waals surface area contributed by atoms with Gasteiger partial charge < -0.3 is 0 Å². The van der Waals surface area contributed by atoms with Crippen molar-refractivity contribution >= 4 is 27.7 Å². The Hall–Kier alpha value is -1.31. The van der Waals surface area contributed by atoms with Crippen LogP contribution in [-0.2, 0) is 11.2 Å². The summed E-state index contributed by atoms with van der Waals surface area (Å²) in [6.45, 7) is 6.66. The van der Waals surface area contributed by atoms with E-state index in [1.54, 1.807) is 18.0 Å². The molecule has 21 heavy (non-hydrogen) atoms. The van der Waals surface area contributed by atoms with Crippen molar-refractivity contribution in [3.8, 4) is 6.07 Å². The summed E-state index contributed by atoms with van der Waals surface area (Å²) in [5, 5.41) is 8.86. The Labute approximate surface area is 138 Å². The first-order valence-corrected chi connectivity index (χ1v) is 8.46. The fraction of sp³-hybridized carbons (Fsp3) is 0.294. The van der Waals surface area contributed by atoms with E-state index < -0.39 is 0 Å². The van der Waals surface area contributed by atoms with Gasteiger partial charge in [0.1, 0.15) is 6.07 Å². The second-order valence-corrected chi connectivity index (χ2v) is 7.75. The molecule has 0 amide bonds. The van der Waals surface area contributed by atoms with E-state index in [0.717, 1.165) is 15.1 Å². The van der Waals surface area contributed by atoms with E-state index in [4.69, 9.17) is 5.26 Å². The average Bonchev–Trinajstić information content (AvgIpc) is 2.45. The zero-order valence-electron chi connectivity index (χ0n) is 12.4. The molecule has 4 heteroatoms. The smallest absolute Gasteiger partial charge is 0.154 e. The van der Waals surface area contributed by atoms with Gasteiger partial charge in [0.2, 0.25) is 0 Å². The van der Waals surface area contributed by atoms with Gasteiger partial charge in [-0.3, -0.25) is 0 Å². The molecular weight excluding hydrogens is 344 g/mol. The minimum absolute atomic E-state index is 0.188. The summed E-state index contributed by atoms with van der Waals surface area (Å²) in [7, 11) is 0. The predicted octanol–water partition coefficient (Wildman–Crippen LogP) is 5.31. The van der Waals surface area contributed by atoms with E-state index in [2.05, 4.69) is 66.0 Å². The summed E-state index contributed by atoms with van der Waals surface area (Å²) in [4.78, 5) is 5.18. The van der Waals surface area contributed by atoms with Gasteiger partial charge in [0.15, 0.2) is 5.69 Å². The van der Waals surface area contributed by atoms with Crippen LogP contribution in [0, 0.1) is 11.3 Å². The molecule has 0 bridgehead atoms. The molecular formula is C17H17BrN2S. The van der Waals surface area contributed by atoms with Crippen LogP contribution in [0.1, 0.15) is 37.6 Å². The lowest BCUT2D eigenvalue weighted by Crippen LogP contribution is -2.10. The van der Waals surface area contributed by atoms with Crippen molar-refractivity contribution in [1.82, 2.24) is 4.98 Å². The Morgan fingerprint density at radius 2 is 1.90 bits per heavy atom. The zero-order chi connectivity index (χ0) is 15.5. The van der Waals surface area contributed by atoms with Crippen molar-refractivity contribution in [2.45, 2.75) is 36.8 Å². The molecule has 0 spiro atoms. The van der Waals surface area contributed by atoms with E-state index in [1.165, 1.54) is 11.1 Å². The Bertz CT molecular complexity index is 667. The van der Waals surface area contributed by atoms with Crippen LogP contribution < -0.4 is 0 Å². The van der Waals surface area contributed by atoms with E-state index in [-0.39, 0.29) is 5.41 Å². The van der Waals surface area contributed by atoms with Gasteiger partial charge in [0.25, 0.3) is 0 Å². The second-order valence-electron chi connectivity index (χ2n) is 5.85. The maximum atomic E-state index is 8.86. The fourth-order valence-corrected chi connectivity index (χ4v) is 3.29. The number of pyridine rings is 1. The van der Waals surface area contributed by atoms with Gasteiger partial charge in [0, 0.05) is 16.8 Å². The largest absolute Gasteiger partial charge is 0.243 e. The lowest BCUT2D eigenvalue weighted by Gasteiger charge is -2.19. The maximum absolute atomic E-state index is 8.86. The molecule has 0 aliphatic rings. The van der Waals surface area contributed by atoms with Crippen LogP contribution in [0.5, 0.6) is 0 Å². The van der Waals surface area contributed by atoms with Gasteiger partial charge in [-0.25, -0.2) is 4.98 Å². The molecule has 2 aromatic rings. The van der Waals surface area contributed by atoms with E-state index in [0.29, 0.717) is 5.69 Å². The number of nitriles is 1. The quantitative estimate of drug-likeness (QED) is 0.696. The standard InChI is InChI=1S/C17H17BrN2S/c1-17(2,3)13-6-4-12(5-7-13)11-21-14-8-15(18)16(9-19)20-10-14/h4-8,10H,11H2,1-3H3. The van der Waals surface area contributed by atoms with Crippen molar-refractivity contribution in [3.05, 3.63) is 57.8 Å². The van der Waals surface area contributed by atoms with Gasteiger partial charge in [-0.2, -0.15) is 5.26 Å². The molecule has 0 aliphatic heterocycles. The van der Waals surface area contributed by atoms with Gasteiger partial charge in [0.05, 0.1) is 4.47 Å². The first-order chi connectivity index (χ1) is 9.90. The number of halogens is 1. The average molecular weight is 361 g/mol. The Balaban J connectivity index is 2.03. The topological polar surface area (TPSA) is 36.7 Å². The number of aromatic nitrogens is 1. The molecule has 0 saturated carbocycles. The second kappa shape index (κ2) is 6.64. The predicted molar refractivity (Wildman–Crippen MR) is 91.4 cm³/mol. The van der Waals surface area contributed by atoms with Crippen molar-refractivity contribution in [2.75, 3.05) is 0 Å². The highest BCUT2D eigenvalue weighted by Gasteiger charge is 2.12. The Kier molecular flexibility index (Phi) is 5.08. The van der Waals surface area contributed by atoms with Crippen LogP contribution in [0.15, 0.2) is 45.9 Å². The number of hydrogen-bond acceptors (Lipinski definition) is 3. The summed E-state index contributed by atoms with van der Waals surface area (Å²) in [6, 6.07) is 12.7. The molecule has 0 aliphatic carbocycles. The molecule has 0 fully saturated rings. The highest BCUT2D eigenvalue weighted by atomic mass is 79.9. The molecule has 1 heterocycles. The minimum atomic E-state index is 0.188. The third-order valence-corrected chi connectivity index (χ3v) is 4.79. The SMILES string of the molecule is CC(C)(C)c1ccc(CSc2cnc(C#N)c(Br)c2)cc1. The highest BCUT2D eigenvalue weighted by molar-refractivity contribution is 9.10. The minimum Gasteiger partial charge on any atom is -0.243 e. The van der Waals surface area contributed by atoms with Gasteiger partial charge in [-0.05, 0) is 38.5 Å².